The zero-order valence-electron chi connectivity index (χ0n) is 10.7. The molecule has 0 fully saturated rings. The SMILES string of the molecule is NNC(c1cc2cc(Cl)ccc2o1)c1c(Cl)cccc1Cl. The molecule has 3 rings (SSSR count). The van der Waals surface area contributed by atoms with Gasteiger partial charge in [-0.15, -0.1) is 0 Å². The second kappa shape index (κ2) is 5.87. The second-order valence-electron chi connectivity index (χ2n) is 4.57. The monoisotopic (exact) mass is 340 g/mol. The van der Waals surface area contributed by atoms with Gasteiger partial charge in [-0.25, -0.2) is 5.43 Å². The summed E-state index contributed by atoms with van der Waals surface area (Å²) in [5, 5.41) is 2.57. The predicted octanol–water partition coefficient (Wildman–Crippen LogP) is 4.95. The minimum atomic E-state index is -0.447. The maximum absolute atomic E-state index is 6.23. The van der Waals surface area contributed by atoms with Crippen molar-refractivity contribution in [3.8, 4) is 0 Å². The van der Waals surface area contributed by atoms with Gasteiger partial charge in [-0.1, -0.05) is 40.9 Å². The third kappa shape index (κ3) is 2.76. The molecule has 1 unspecified atom stereocenters. The van der Waals surface area contributed by atoms with Gasteiger partial charge >= 0.3 is 0 Å². The van der Waals surface area contributed by atoms with Gasteiger partial charge < -0.3 is 4.42 Å². The number of hydrogen-bond donors (Lipinski definition) is 2. The second-order valence-corrected chi connectivity index (χ2v) is 5.82. The van der Waals surface area contributed by atoms with E-state index in [-0.39, 0.29) is 0 Å². The predicted molar refractivity (Wildman–Crippen MR) is 86.9 cm³/mol. The topological polar surface area (TPSA) is 51.2 Å². The lowest BCUT2D eigenvalue weighted by Crippen LogP contribution is -2.29. The lowest BCUT2D eigenvalue weighted by molar-refractivity contribution is 0.477. The Kier molecular flexibility index (Phi) is 4.11. The highest BCUT2D eigenvalue weighted by atomic mass is 35.5. The summed E-state index contributed by atoms with van der Waals surface area (Å²) in [5.74, 6) is 6.29. The Hall–Kier alpha value is -1.23. The van der Waals surface area contributed by atoms with Crippen molar-refractivity contribution in [2.45, 2.75) is 6.04 Å². The molecule has 1 atom stereocenters. The molecule has 0 aliphatic rings. The van der Waals surface area contributed by atoms with Crippen LogP contribution in [-0.4, -0.2) is 0 Å². The fourth-order valence-electron chi connectivity index (χ4n) is 2.27. The number of nitrogens with one attached hydrogen (secondary N) is 1. The van der Waals surface area contributed by atoms with Gasteiger partial charge in [-0.2, -0.15) is 0 Å². The number of furan rings is 1. The Morgan fingerprint density at radius 3 is 2.38 bits per heavy atom. The van der Waals surface area contributed by atoms with Gasteiger partial charge in [0.05, 0.1) is 0 Å². The Morgan fingerprint density at radius 2 is 1.71 bits per heavy atom. The molecule has 3 nitrogen and oxygen atoms in total. The van der Waals surface area contributed by atoms with Crippen molar-refractivity contribution in [2.24, 2.45) is 5.84 Å². The molecule has 1 heterocycles. The summed E-state index contributed by atoms with van der Waals surface area (Å²) >= 11 is 18.5. The number of benzene rings is 2. The third-order valence-electron chi connectivity index (χ3n) is 3.24. The van der Waals surface area contributed by atoms with E-state index < -0.39 is 6.04 Å². The molecule has 6 heteroatoms. The van der Waals surface area contributed by atoms with E-state index in [0.717, 1.165) is 11.0 Å². The average molecular weight is 342 g/mol. The minimum absolute atomic E-state index is 0.447. The third-order valence-corrected chi connectivity index (χ3v) is 4.13. The van der Waals surface area contributed by atoms with Gasteiger partial charge in [-0.05, 0) is 36.4 Å². The number of rotatable bonds is 3. The van der Waals surface area contributed by atoms with Gasteiger partial charge in [0, 0.05) is 26.0 Å². The zero-order valence-corrected chi connectivity index (χ0v) is 13.0. The van der Waals surface area contributed by atoms with Crippen LogP contribution in [0.15, 0.2) is 46.9 Å². The van der Waals surface area contributed by atoms with Crippen LogP contribution in [0.4, 0.5) is 0 Å². The quantitative estimate of drug-likeness (QED) is 0.524. The van der Waals surface area contributed by atoms with E-state index in [4.69, 9.17) is 45.1 Å². The lowest BCUT2D eigenvalue weighted by Gasteiger charge is -2.16. The first-order valence-corrected chi connectivity index (χ1v) is 7.32. The molecule has 21 heavy (non-hydrogen) atoms. The number of fused-ring (bicyclic) bond motifs is 1. The first kappa shape index (κ1) is 14.7. The van der Waals surface area contributed by atoms with Crippen molar-refractivity contribution in [3.05, 3.63) is 68.9 Å². The maximum Gasteiger partial charge on any atom is 0.134 e. The molecule has 2 aromatic carbocycles. The standard InChI is InChI=1S/C15H11Cl3N2O/c16-9-4-5-12-8(6-9)7-13(21-12)15(20-19)14-10(17)2-1-3-11(14)18/h1-7,15,20H,19H2. The number of hydrogen-bond acceptors (Lipinski definition) is 3. The van der Waals surface area contributed by atoms with Gasteiger partial charge in [0.15, 0.2) is 0 Å². The molecule has 0 bridgehead atoms. The average Bonchev–Trinajstić information content (AvgIpc) is 2.85. The van der Waals surface area contributed by atoms with Crippen LogP contribution in [0.3, 0.4) is 0 Å². The molecule has 0 amide bonds. The van der Waals surface area contributed by atoms with Crippen LogP contribution in [0, 0.1) is 0 Å². The van der Waals surface area contributed by atoms with Crippen LogP contribution >= 0.6 is 34.8 Å². The highest BCUT2D eigenvalue weighted by molar-refractivity contribution is 6.36. The molecule has 108 valence electrons. The minimum Gasteiger partial charge on any atom is -0.459 e. The van der Waals surface area contributed by atoms with Gasteiger partial charge in [0.1, 0.15) is 17.4 Å². The van der Waals surface area contributed by atoms with Crippen molar-refractivity contribution in [3.63, 3.8) is 0 Å². The Labute approximate surface area is 136 Å². The summed E-state index contributed by atoms with van der Waals surface area (Å²) in [6.45, 7) is 0. The van der Waals surface area contributed by atoms with E-state index in [1.807, 2.05) is 18.2 Å². The number of hydrazine groups is 1. The number of nitrogens with two attached hydrogens (primary N) is 1. The van der Waals surface area contributed by atoms with Gasteiger partial charge in [0.2, 0.25) is 0 Å². The fraction of sp³-hybridized carbons (Fsp3) is 0.0667. The molecule has 0 radical (unpaired) electrons. The fourth-order valence-corrected chi connectivity index (χ4v) is 3.07. The molecule has 0 saturated carbocycles. The molecular weight excluding hydrogens is 331 g/mol. The first-order chi connectivity index (χ1) is 10.1. The van der Waals surface area contributed by atoms with E-state index in [0.29, 0.717) is 26.4 Å². The van der Waals surface area contributed by atoms with E-state index in [1.165, 1.54) is 0 Å². The van der Waals surface area contributed by atoms with Crippen molar-refractivity contribution in [1.29, 1.82) is 0 Å². The molecule has 0 aliphatic heterocycles. The van der Waals surface area contributed by atoms with E-state index in [9.17, 15) is 0 Å². The highest BCUT2D eigenvalue weighted by Crippen LogP contribution is 2.36. The maximum atomic E-state index is 6.23. The Morgan fingerprint density at radius 1 is 1.00 bits per heavy atom. The van der Waals surface area contributed by atoms with Crippen molar-refractivity contribution in [1.82, 2.24) is 5.43 Å². The van der Waals surface area contributed by atoms with Crippen molar-refractivity contribution < 1.29 is 4.42 Å². The first-order valence-electron chi connectivity index (χ1n) is 6.19. The van der Waals surface area contributed by atoms with Crippen molar-refractivity contribution >= 4 is 45.8 Å². The lowest BCUT2D eigenvalue weighted by atomic mass is 10.0. The summed E-state index contributed by atoms with van der Waals surface area (Å²) in [6.07, 6.45) is 0. The Bertz CT molecular complexity index is 780. The molecule has 0 aliphatic carbocycles. The van der Waals surface area contributed by atoms with Crippen LogP contribution in [-0.2, 0) is 0 Å². The summed E-state index contributed by atoms with van der Waals surface area (Å²) in [7, 11) is 0. The normalized spacial score (nSPS) is 12.8. The molecule has 1 aromatic heterocycles. The number of halogens is 3. The van der Waals surface area contributed by atoms with Crippen LogP contribution in [0.1, 0.15) is 17.4 Å². The summed E-state index contributed by atoms with van der Waals surface area (Å²) < 4.78 is 5.82. The van der Waals surface area contributed by atoms with Crippen molar-refractivity contribution in [2.75, 3.05) is 0 Å². The summed E-state index contributed by atoms with van der Waals surface area (Å²) in [5.41, 5.74) is 4.09. The molecule has 0 saturated heterocycles. The summed E-state index contributed by atoms with van der Waals surface area (Å²) in [6, 6.07) is 12.1. The Balaban J connectivity index is 2.14. The molecule has 3 N–H and O–H groups in total. The van der Waals surface area contributed by atoms with Crippen LogP contribution in [0.25, 0.3) is 11.0 Å². The molecule has 3 aromatic rings. The molecular formula is C15H11Cl3N2O. The van der Waals surface area contributed by atoms with Gasteiger partial charge in [-0.3, -0.25) is 5.84 Å². The summed E-state index contributed by atoms with van der Waals surface area (Å²) in [4.78, 5) is 0. The van der Waals surface area contributed by atoms with E-state index >= 15 is 0 Å². The van der Waals surface area contributed by atoms with Gasteiger partial charge in [0.25, 0.3) is 0 Å². The van der Waals surface area contributed by atoms with E-state index in [2.05, 4.69) is 5.43 Å². The van der Waals surface area contributed by atoms with Crippen LogP contribution < -0.4 is 11.3 Å². The largest absolute Gasteiger partial charge is 0.459 e. The zero-order chi connectivity index (χ0) is 15.0. The molecule has 0 spiro atoms. The van der Waals surface area contributed by atoms with Crippen LogP contribution in [0.5, 0.6) is 0 Å². The van der Waals surface area contributed by atoms with Crippen LogP contribution in [0.2, 0.25) is 15.1 Å². The smallest absolute Gasteiger partial charge is 0.134 e. The highest BCUT2D eigenvalue weighted by Gasteiger charge is 2.22. The van der Waals surface area contributed by atoms with E-state index in [1.54, 1.807) is 24.3 Å².